The molecule has 2 N–H and O–H groups in total. The van der Waals surface area contributed by atoms with Gasteiger partial charge in [-0.1, -0.05) is 45.9 Å². The molecule has 0 spiro atoms. The Balaban J connectivity index is 1.21. The number of benzene rings is 2. The predicted octanol–water partition coefficient (Wildman–Crippen LogP) is 7.42. The Morgan fingerprint density at radius 3 is 2.42 bits per heavy atom. The molecule has 48 heavy (non-hydrogen) atoms. The van der Waals surface area contributed by atoms with E-state index in [0.29, 0.717) is 23.9 Å². The van der Waals surface area contributed by atoms with Crippen LogP contribution < -0.4 is 15.4 Å². The first-order valence-electron chi connectivity index (χ1n) is 17.8. The van der Waals surface area contributed by atoms with Crippen molar-refractivity contribution in [3.63, 3.8) is 0 Å². The molecule has 5 rings (SSSR count). The van der Waals surface area contributed by atoms with Crippen LogP contribution in [0.5, 0.6) is 5.75 Å². The van der Waals surface area contributed by atoms with Crippen molar-refractivity contribution in [2.45, 2.75) is 97.2 Å². The van der Waals surface area contributed by atoms with Crippen LogP contribution in [0.2, 0.25) is 0 Å². The van der Waals surface area contributed by atoms with Gasteiger partial charge in [-0.3, -0.25) is 9.59 Å². The minimum Gasteiger partial charge on any atom is -0.497 e. The van der Waals surface area contributed by atoms with Gasteiger partial charge in [-0.25, -0.2) is 4.98 Å². The molecule has 0 bridgehead atoms. The fourth-order valence-electron chi connectivity index (χ4n) is 6.74. The average Bonchev–Trinajstić information content (AvgIpc) is 3.74. The van der Waals surface area contributed by atoms with E-state index < -0.39 is 6.04 Å². The molecule has 4 aromatic rings. The summed E-state index contributed by atoms with van der Waals surface area (Å²) in [6.45, 7) is 11.6. The third kappa shape index (κ3) is 9.26. The van der Waals surface area contributed by atoms with Gasteiger partial charge in [0.2, 0.25) is 5.91 Å². The van der Waals surface area contributed by atoms with Crippen molar-refractivity contribution in [3.05, 3.63) is 81.8 Å². The monoisotopic (exact) mass is 671 g/mol. The highest BCUT2D eigenvalue weighted by molar-refractivity contribution is 7.09. The molecular weight excluding hydrogens is 619 g/mol. The van der Waals surface area contributed by atoms with Crippen LogP contribution in [0.4, 0.5) is 0 Å². The van der Waals surface area contributed by atoms with E-state index in [0.717, 1.165) is 87.2 Å². The lowest BCUT2D eigenvalue weighted by Gasteiger charge is -2.33. The molecule has 8 nitrogen and oxygen atoms in total. The van der Waals surface area contributed by atoms with E-state index in [2.05, 4.69) is 77.4 Å². The first-order valence-corrected chi connectivity index (χ1v) is 18.7. The van der Waals surface area contributed by atoms with Crippen LogP contribution >= 0.6 is 11.3 Å². The van der Waals surface area contributed by atoms with Gasteiger partial charge < -0.3 is 24.8 Å². The molecular formula is C39H53N5O3S. The van der Waals surface area contributed by atoms with Crippen molar-refractivity contribution < 1.29 is 14.3 Å². The number of nitrogens with zero attached hydrogens (tertiary/aromatic N) is 3. The molecule has 0 saturated carbocycles. The molecule has 0 radical (unpaired) electrons. The number of piperidine rings is 1. The highest BCUT2D eigenvalue weighted by Gasteiger charge is 2.27. The van der Waals surface area contributed by atoms with E-state index >= 15 is 0 Å². The summed E-state index contributed by atoms with van der Waals surface area (Å²) in [6, 6.07) is 18.2. The normalized spacial score (nSPS) is 14.9. The number of imidazole rings is 1. The van der Waals surface area contributed by atoms with E-state index in [4.69, 9.17) is 9.72 Å². The number of likely N-dealkylation sites (tertiary alicyclic amines) is 1. The maximum atomic E-state index is 13.7. The smallest absolute Gasteiger partial charge is 0.252 e. The number of rotatable bonds is 16. The van der Waals surface area contributed by atoms with Crippen molar-refractivity contribution in [1.29, 1.82) is 0 Å². The number of nitrogens with one attached hydrogen (secondary N) is 2. The number of aromatic nitrogens is 2. The van der Waals surface area contributed by atoms with Crippen LogP contribution in [0.25, 0.3) is 11.0 Å². The SMILES string of the molecule is CCC(CC)n1c(Cc2cccs2)nc2cc(C(=O)NC(CCC(C)C)C(=O)NC3CCN(CCc4ccc(OC)cc4)CC3)ccc21. The van der Waals surface area contributed by atoms with Crippen LogP contribution in [0.3, 0.4) is 0 Å². The number of amides is 2. The van der Waals surface area contributed by atoms with E-state index in [9.17, 15) is 9.59 Å². The first-order chi connectivity index (χ1) is 23.3. The van der Waals surface area contributed by atoms with E-state index in [1.807, 2.05) is 30.3 Å². The van der Waals surface area contributed by atoms with Gasteiger partial charge in [0, 0.05) is 48.6 Å². The Hall–Kier alpha value is -3.69. The molecule has 1 aliphatic rings. The van der Waals surface area contributed by atoms with Crippen molar-refractivity contribution in [2.24, 2.45) is 5.92 Å². The molecule has 2 aromatic heterocycles. The fraction of sp³-hybridized carbons (Fsp3) is 0.513. The summed E-state index contributed by atoms with van der Waals surface area (Å²) in [4.78, 5) is 36.1. The van der Waals surface area contributed by atoms with E-state index in [1.165, 1.54) is 10.4 Å². The zero-order valence-corrected chi connectivity index (χ0v) is 30.2. The summed E-state index contributed by atoms with van der Waals surface area (Å²) in [5.74, 6) is 2.02. The highest BCUT2D eigenvalue weighted by atomic mass is 32.1. The van der Waals surface area contributed by atoms with Gasteiger partial charge in [-0.05, 0) is 98.2 Å². The number of methoxy groups -OCH3 is 1. The van der Waals surface area contributed by atoms with Crippen molar-refractivity contribution in [3.8, 4) is 5.75 Å². The molecule has 1 atom stereocenters. The zero-order valence-electron chi connectivity index (χ0n) is 29.3. The van der Waals surface area contributed by atoms with Gasteiger partial charge in [0.05, 0.1) is 18.1 Å². The maximum absolute atomic E-state index is 13.7. The van der Waals surface area contributed by atoms with Gasteiger partial charge >= 0.3 is 0 Å². The molecule has 1 aliphatic heterocycles. The predicted molar refractivity (Wildman–Crippen MR) is 196 cm³/mol. The summed E-state index contributed by atoms with van der Waals surface area (Å²) < 4.78 is 7.63. The second-order valence-corrected chi connectivity index (χ2v) is 14.6. The lowest BCUT2D eigenvalue weighted by Crippen LogP contribution is -2.52. The molecule has 2 aromatic carbocycles. The summed E-state index contributed by atoms with van der Waals surface area (Å²) in [6.07, 6.45) is 7.05. The number of hydrogen-bond acceptors (Lipinski definition) is 6. The first kappa shape index (κ1) is 35.6. The Kier molecular flexibility index (Phi) is 12.7. The Labute approximate surface area is 290 Å². The largest absolute Gasteiger partial charge is 0.497 e. The molecule has 1 saturated heterocycles. The fourth-order valence-corrected chi connectivity index (χ4v) is 7.44. The van der Waals surface area contributed by atoms with Crippen LogP contribution in [0.1, 0.15) is 98.9 Å². The third-order valence-electron chi connectivity index (χ3n) is 9.71. The average molecular weight is 672 g/mol. The zero-order chi connectivity index (χ0) is 34.0. The second-order valence-electron chi connectivity index (χ2n) is 13.5. The molecule has 2 amide bonds. The molecule has 9 heteroatoms. The van der Waals surface area contributed by atoms with Gasteiger partial charge in [0.15, 0.2) is 0 Å². The molecule has 1 fully saturated rings. The number of carbonyl (C=O) groups is 2. The van der Waals surface area contributed by atoms with Crippen LogP contribution in [-0.2, 0) is 17.6 Å². The van der Waals surface area contributed by atoms with Crippen molar-refractivity contribution >= 4 is 34.2 Å². The summed E-state index contributed by atoms with van der Waals surface area (Å²) in [5.41, 5.74) is 3.71. The maximum Gasteiger partial charge on any atom is 0.252 e. The number of hydrogen-bond donors (Lipinski definition) is 2. The standard InChI is InChI=1S/C39H53N5O3S/c1-6-31(7-2)44-36-17-13-29(25-35(36)41-37(44)26-33-9-8-24-48-33)38(45)42-34(16-10-27(3)4)39(46)40-30-19-22-43(23-20-30)21-18-28-11-14-32(47-5)15-12-28/h8-9,11-15,17,24-25,27,30-31,34H,6-7,10,16,18-23,26H2,1-5H3,(H,40,46)(H,42,45). The van der Waals surface area contributed by atoms with Crippen LogP contribution in [-0.4, -0.2) is 65.1 Å². The quantitative estimate of drug-likeness (QED) is 0.130. The second kappa shape index (κ2) is 17.1. The van der Waals surface area contributed by atoms with Crippen molar-refractivity contribution in [1.82, 2.24) is 25.1 Å². The molecule has 3 heterocycles. The Morgan fingerprint density at radius 1 is 1.02 bits per heavy atom. The number of ether oxygens (including phenoxy) is 1. The van der Waals surface area contributed by atoms with Gasteiger partial charge in [-0.2, -0.15) is 0 Å². The highest BCUT2D eigenvalue weighted by Crippen LogP contribution is 2.28. The topological polar surface area (TPSA) is 88.5 Å². The number of carbonyl (C=O) groups excluding carboxylic acids is 2. The lowest BCUT2D eigenvalue weighted by molar-refractivity contribution is -0.124. The molecule has 258 valence electrons. The number of fused-ring (bicyclic) bond motifs is 1. The molecule has 0 aliphatic carbocycles. The van der Waals surface area contributed by atoms with Gasteiger partial charge in [0.25, 0.3) is 5.91 Å². The van der Waals surface area contributed by atoms with Crippen LogP contribution in [0.15, 0.2) is 60.0 Å². The van der Waals surface area contributed by atoms with Gasteiger partial charge in [-0.15, -0.1) is 11.3 Å². The minimum absolute atomic E-state index is 0.0852. The summed E-state index contributed by atoms with van der Waals surface area (Å²) in [5, 5.41) is 8.48. The minimum atomic E-state index is -0.583. The lowest BCUT2D eigenvalue weighted by atomic mass is 10.00. The van der Waals surface area contributed by atoms with Crippen LogP contribution in [0, 0.1) is 5.92 Å². The van der Waals surface area contributed by atoms with Crippen molar-refractivity contribution in [2.75, 3.05) is 26.7 Å². The Morgan fingerprint density at radius 2 is 1.77 bits per heavy atom. The van der Waals surface area contributed by atoms with E-state index in [1.54, 1.807) is 18.4 Å². The Bertz CT molecular complexity index is 1600. The summed E-state index contributed by atoms with van der Waals surface area (Å²) in [7, 11) is 1.69. The summed E-state index contributed by atoms with van der Waals surface area (Å²) >= 11 is 1.74. The van der Waals surface area contributed by atoms with E-state index in [-0.39, 0.29) is 17.9 Å². The third-order valence-corrected chi connectivity index (χ3v) is 10.6. The van der Waals surface area contributed by atoms with Gasteiger partial charge in [0.1, 0.15) is 17.6 Å². The number of thiophene rings is 1. The molecule has 1 unspecified atom stereocenters.